The first-order valence-electron chi connectivity index (χ1n) is 6.21. The van der Waals surface area contributed by atoms with E-state index in [1.807, 2.05) is 22.7 Å². The van der Waals surface area contributed by atoms with Crippen molar-refractivity contribution in [2.75, 3.05) is 0 Å². The maximum atomic E-state index is 2.47. The van der Waals surface area contributed by atoms with E-state index >= 15 is 0 Å². The van der Waals surface area contributed by atoms with Crippen molar-refractivity contribution in [1.29, 1.82) is 0 Å². The average molecular weight is 493 g/mol. The van der Waals surface area contributed by atoms with Crippen molar-refractivity contribution in [2.24, 2.45) is 0 Å². The minimum absolute atomic E-state index is 0.543. The van der Waals surface area contributed by atoms with Crippen LogP contribution >= 0.6 is 22.7 Å². The molecule has 0 spiro atoms. The van der Waals surface area contributed by atoms with Gasteiger partial charge < -0.3 is 0 Å². The van der Waals surface area contributed by atoms with Gasteiger partial charge in [0.1, 0.15) is 0 Å². The van der Waals surface area contributed by atoms with Crippen LogP contribution in [0.2, 0.25) is 29.6 Å². The molecule has 0 saturated heterocycles. The van der Waals surface area contributed by atoms with Crippen molar-refractivity contribution in [3.05, 3.63) is 29.6 Å². The van der Waals surface area contributed by atoms with Gasteiger partial charge in [0.25, 0.3) is 0 Å². The Labute approximate surface area is 131 Å². The summed E-state index contributed by atoms with van der Waals surface area (Å²) in [6, 6.07) is 8.96. The topological polar surface area (TPSA) is 0 Å². The molecule has 18 heavy (non-hydrogen) atoms. The molecule has 99 valence electrons. The standard InChI is InChI=1S/C8H5S2.6CH3.2Sn/c1-3-7(9-5-1)8-4-2-6-10-8;;;;;;;;/h1-5H;6*1H3;;. The summed E-state index contributed by atoms with van der Waals surface area (Å²) in [4.78, 5) is 17.4. The molecule has 0 nitrogen and oxygen atoms in total. The van der Waals surface area contributed by atoms with Crippen LogP contribution in [0.5, 0.6) is 0 Å². The molecule has 0 amide bonds. The predicted octanol–water partition coefficient (Wildman–Crippen LogP) is 5.39. The van der Waals surface area contributed by atoms with E-state index in [0.717, 1.165) is 0 Å². The van der Waals surface area contributed by atoms with Gasteiger partial charge in [0.2, 0.25) is 0 Å². The van der Waals surface area contributed by atoms with Gasteiger partial charge >= 0.3 is 133 Å². The molecule has 1 radical (unpaired) electrons. The second kappa shape index (κ2) is 7.69. The Morgan fingerprint density at radius 2 is 1.56 bits per heavy atom. The fourth-order valence-electron chi connectivity index (χ4n) is 1.29. The van der Waals surface area contributed by atoms with Crippen LogP contribution in [0.4, 0.5) is 0 Å². The molecule has 2 rings (SSSR count). The van der Waals surface area contributed by atoms with Crippen LogP contribution in [-0.4, -0.2) is 38.1 Å². The summed E-state index contributed by atoms with van der Waals surface area (Å²) < 4.78 is 1.67. The zero-order valence-corrected chi connectivity index (χ0v) is 19.5. The summed E-state index contributed by atoms with van der Waals surface area (Å²) in [5.74, 6) is 0. The number of hydrogen-bond acceptors (Lipinski definition) is 2. The monoisotopic (exact) mass is 495 g/mol. The van der Waals surface area contributed by atoms with Gasteiger partial charge in [-0.15, -0.1) is 0 Å². The third-order valence-corrected chi connectivity index (χ3v) is 13.8. The molecular formula is C14H23S2Sn2. The zero-order valence-electron chi connectivity index (χ0n) is 12.2. The van der Waals surface area contributed by atoms with Gasteiger partial charge in [-0.2, -0.15) is 0 Å². The van der Waals surface area contributed by atoms with Gasteiger partial charge in [-0.3, -0.25) is 0 Å². The van der Waals surface area contributed by atoms with Crippen LogP contribution in [0.15, 0.2) is 29.6 Å². The third-order valence-electron chi connectivity index (χ3n) is 2.11. The van der Waals surface area contributed by atoms with E-state index < -0.39 is 38.1 Å². The molecule has 2 aromatic heterocycles. The third kappa shape index (κ3) is 5.97. The second-order valence-corrected chi connectivity index (χ2v) is 31.9. The summed E-state index contributed by atoms with van der Waals surface area (Å²) in [5.41, 5.74) is 0. The van der Waals surface area contributed by atoms with Crippen molar-refractivity contribution < 1.29 is 0 Å². The molecule has 0 fully saturated rings. The normalized spacial score (nSPS) is 11.3. The quantitative estimate of drug-likeness (QED) is 0.493. The first-order chi connectivity index (χ1) is 8.30. The van der Waals surface area contributed by atoms with E-state index in [-0.39, 0.29) is 0 Å². The summed E-state index contributed by atoms with van der Waals surface area (Å²) in [5, 5.41) is 2.15. The molecule has 0 aliphatic rings. The van der Waals surface area contributed by atoms with E-state index in [0.29, 0.717) is 0 Å². The van der Waals surface area contributed by atoms with Crippen molar-refractivity contribution >= 4 is 63.7 Å². The summed E-state index contributed by atoms with van der Waals surface area (Å²) >= 11 is 1.48. The predicted molar refractivity (Wildman–Crippen MR) is 94.0 cm³/mol. The Hall–Kier alpha value is 0.997. The number of rotatable bonds is 2. The molecule has 0 aliphatic carbocycles. The van der Waals surface area contributed by atoms with Gasteiger partial charge in [0, 0.05) is 0 Å². The van der Waals surface area contributed by atoms with E-state index in [9.17, 15) is 0 Å². The average Bonchev–Trinajstić information content (AvgIpc) is 2.86. The second-order valence-electron chi connectivity index (χ2n) is 5.89. The van der Waals surface area contributed by atoms with Crippen LogP contribution in [0, 0.1) is 0 Å². The first-order valence-corrected chi connectivity index (χ1v) is 26.5. The van der Waals surface area contributed by atoms with Crippen LogP contribution in [0.1, 0.15) is 0 Å². The van der Waals surface area contributed by atoms with Gasteiger partial charge in [-0.1, -0.05) is 0 Å². The van der Waals surface area contributed by atoms with Gasteiger partial charge in [0.15, 0.2) is 0 Å². The Morgan fingerprint density at radius 1 is 0.944 bits per heavy atom. The molecule has 2 heterocycles. The van der Waals surface area contributed by atoms with Gasteiger partial charge in [0.05, 0.1) is 0 Å². The number of thiophene rings is 2. The number of hydrogen-bond donors (Lipinski definition) is 0. The molecule has 2 aromatic rings. The Balaban J connectivity index is 0.000000357. The van der Waals surface area contributed by atoms with Gasteiger partial charge in [-0.05, 0) is 0 Å². The molecular weight excluding hydrogens is 470 g/mol. The minimum atomic E-state index is -1.81. The fourth-order valence-corrected chi connectivity index (χ4v) is 8.42. The Kier molecular flexibility index (Phi) is 7.29. The van der Waals surface area contributed by atoms with Crippen LogP contribution in [-0.2, 0) is 0 Å². The van der Waals surface area contributed by atoms with E-state index in [1.54, 1.807) is 2.89 Å². The SMILES string of the molecule is [CH3][Sn]([CH3])([CH3])[c]1ccc(-c2cccs2)s1.[CH3][Sn]([CH3])[CH3]. The summed E-state index contributed by atoms with van der Waals surface area (Å²) in [7, 11) is 0. The molecule has 0 saturated carbocycles. The maximum absolute atomic E-state index is 2.47. The first kappa shape index (κ1) is 17.1. The van der Waals surface area contributed by atoms with Gasteiger partial charge in [-0.25, -0.2) is 0 Å². The van der Waals surface area contributed by atoms with Crippen LogP contribution in [0.25, 0.3) is 9.75 Å². The Bertz CT molecular complexity index is 448. The van der Waals surface area contributed by atoms with Crippen molar-refractivity contribution in [1.82, 2.24) is 0 Å². The molecule has 0 atom stereocenters. The van der Waals surface area contributed by atoms with E-state index in [2.05, 4.69) is 59.3 Å². The van der Waals surface area contributed by atoms with Crippen molar-refractivity contribution in [2.45, 2.75) is 29.6 Å². The molecule has 0 aliphatic heterocycles. The summed E-state index contributed by atoms with van der Waals surface area (Å²) in [6.45, 7) is 0. The summed E-state index contributed by atoms with van der Waals surface area (Å²) in [6.07, 6.45) is 0. The van der Waals surface area contributed by atoms with Crippen LogP contribution < -0.4 is 2.89 Å². The van der Waals surface area contributed by atoms with E-state index in [1.165, 1.54) is 9.75 Å². The molecule has 0 unspecified atom stereocenters. The fraction of sp³-hybridized carbons (Fsp3) is 0.429. The molecule has 0 bridgehead atoms. The molecule has 0 N–H and O–H groups in total. The zero-order chi connectivity index (χ0) is 13.8. The van der Waals surface area contributed by atoms with Crippen LogP contribution in [0.3, 0.4) is 0 Å². The molecule has 4 heteroatoms. The molecule has 0 aromatic carbocycles. The van der Waals surface area contributed by atoms with Crippen molar-refractivity contribution in [3.63, 3.8) is 0 Å². The Morgan fingerprint density at radius 3 is 1.94 bits per heavy atom. The van der Waals surface area contributed by atoms with E-state index in [4.69, 9.17) is 0 Å². The van der Waals surface area contributed by atoms with Crippen molar-refractivity contribution in [3.8, 4) is 9.75 Å².